The third-order valence-electron chi connectivity index (χ3n) is 2.73. The summed E-state index contributed by atoms with van der Waals surface area (Å²) in [6, 6.07) is -0.0398. The smallest absolute Gasteiger partial charge is 0.543 e. The van der Waals surface area contributed by atoms with Gasteiger partial charge >= 0.3 is 29.6 Å². The van der Waals surface area contributed by atoms with Gasteiger partial charge in [0.25, 0.3) is 0 Å². The van der Waals surface area contributed by atoms with E-state index >= 15 is 0 Å². The number of carbonyl (C=O) groups excluding carboxylic acids is 3. The predicted molar refractivity (Wildman–Crippen MR) is 62.4 cm³/mol. The number of β-lactam (4-membered cyclic amide) rings is 1. The SMILES string of the molecule is CC(=O)NC=CSC1=C(C(=O)[O-])N2C(=O)CC2C1.[Na+]. The van der Waals surface area contributed by atoms with Crippen molar-refractivity contribution in [1.82, 2.24) is 10.2 Å². The summed E-state index contributed by atoms with van der Waals surface area (Å²) in [7, 11) is 0. The number of hydrogen-bond acceptors (Lipinski definition) is 5. The molecule has 0 bridgehead atoms. The third-order valence-corrected chi connectivity index (χ3v) is 3.65. The molecule has 0 aliphatic carbocycles. The predicted octanol–water partition coefficient (Wildman–Crippen LogP) is -3.70. The summed E-state index contributed by atoms with van der Waals surface area (Å²) in [6.45, 7) is 1.38. The van der Waals surface area contributed by atoms with Gasteiger partial charge in [-0.3, -0.25) is 9.59 Å². The van der Waals surface area contributed by atoms with Crippen LogP contribution in [0.15, 0.2) is 22.2 Å². The average Bonchev–Trinajstić information content (AvgIpc) is 2.57. The first-order valence-electron chi connectivity index (χ1n) is 5.36. The van der Waals surface area contributed by atoms with E-state index in [0.717, 1.165) is 0 Å². The van der Waals surface area contributed by atoms with Crippen LogP contribution in [0.25, 0.3) is 0 Å². The van der Waals surface area contributed by atoms with Gasteiger partial charge in [0.05, 0.1) is 17.7 Å². The molecule has 1 unspecified atom stereocenters. The molecule has 0 saturated carbocycles. The Kier molecular flexibility index (Phi) is 5.66. The van der Waals surface area contributed by atoms with E-state index in [-0.39, 0.29) is 53.1 Å². The van der Waals surface area contributed by atoms with Gasteiger partial charge in [-0.2, -0.15) is 0 Å². The van der Waals surface area contributed by atoms with Crippen LogP contribution in [-0.4, -0.2) is 28.7 Å². The van der Waals surface area contributed by atoms with E-state index in [1.54, 1.807) is 5.41 Å². The first-order valence-corrected chi connectivity index (χ1v) is 6.24. The number of carbonyl (C=O) groups is 3. The molecule has 0 aromatic rings. The number of carboxylic acids is 1. The Labute approximate surface area is 136 Å². The van der Waals surface area contributed by atoms with E-state index < -0.39 is 5.97 Å². The van der Waals surface area contributed by atoms with E-state index in [9.17, 15) is 19.5 Å². The Morgan fingerprint density at radius 3 is 2.68 bits per heavy atom. The molecular weight excluding hydrogens is 279 g/mol. The number of carboxylic acid groups (broad SMARTS) is 1. The summed E-state index contributed by atoms with van der Waals surface area (Å²) in [4.78, 5) is 34.8. The fraction of sp³-hybridized carbons (Fsp3) is 0.364. The largest absolute Gasteiger partial charge is 1.00 e. The quantitative estimate of drug-likeness (QED) is 0.425. The second kappa shape index (κ2) is 6.60. The van der Waals surface area contributed by atoms with Crippen molar-refractivity contribution >= 4 is 29.5 Å². The number of fused-ring (bicyclic) bond motifs is 1. The molecular formula is C11H11N2NaO4S. The van der Waals surface area contributed by atoms with Gasteiger partial charge in [0.2, 0.25) is 11.8 Å². The molecule has 2 heterocycles. The number of amides is 2. The maximum Gasteiger partial charge on any atom is 1.00 e. The number of nitrogens with one attached hydrogen (secondary N) is 1. The topological polar surface area (TPSA) is 89.5 Å². The third kappa shape index (κ3) is 3.42. The second-order valence-electron chi connectivity index (χ2n) is 4.01. The Morgan fingerprint density at radius 1 is 1.47 bits per heavy atom. The summed E-state index contributed by atoms with van der Waals surface area (Å²) in [5, 5.41) is 15.1. The van der Waals surface area contributed by atoms with Crippen LogP contribution in [0.5, 0.6) is 0 Å². The Morgan fingerprint density at radius 2 is 2.16 bits per heavy atom. The number of hydrogen-bond donors (Lipinski definition) is 1. The van der Waals surface area contributed by atoms with Crippen molar-refractivity contribution in [2.24, 2.45) is 0 Å². The van der Waals surface area contributed by atoms with E-state index in [2.05, 4.69) is 5.32 Å². The minimum absolute atomic E-state index is 0. The van der Waals surface area contributed by atoms with Crippen LogP contribution >= 0.6 is 11.8 Å². The van der Waals surface area contributed by atoms with Crippen molar-refractivity contribution in [3.63, 3.8) is 0 Å². The Bertz CT molecular complexity index is 489. The van der Waals surface area contributed by atoms with E-state index in [1.165, 1.54) is 29.8 Å². The molecule has 1 N–H and O–H groups in total. The van der Waals surface area contributed by atoms with Crippen molar-refractivity contribution in [2.45, 2.75) is 25.8 Å². The van der Waals surface area contributed by atoms with Crippen LogP contribution in [0, 0.1) is 0 Å². The van der Waals surface area contributed by atoms with Crippen molar-refractivity contribution in [1.29, 1.82) is 0 Å². The van der Waals surface area contributed by atoms with Crippen LogP contribution < -0.4 is 40.0 Å². The number of rotatable bonds is 4. The van der Waals surface area contributed by atoms with Crippen LogP contribution in [-0.2, 0) is 14.4 Å². The zero-order valence-electron chi connectivity index (χ0n) is 10.6. The summed E-state index contributed by atoms with van der Waals surface area (Å²) in [5.74, 6) is -1.71. The van der Waals surface area contributed by atoms with Crippen molar-refractivity contribution in [3.8, 4) is 0 Å². The average molecular weight is 290 g/mol. The van der Waals surface area contributed by atoms with E-state index in [4.69, 9.17) is 0 Å². The molecule has 2 rings (SSSR count). The van der Waals surface area contributed by atoms with E-state index in [0.29, 0.717) is 17.7 Å². The van der Waals surface area contributed by atoms with Gasteiger partial charge in [0.15, 0.2) is 0 Å². The monoisotopic (exact) mass is 290 g/mol. The molecule has 0 aromatic carbocycles. The van der Waals surface area contributed by atoms with E-state index in [1.807, 2.05) is 0 Å². The Balaban J connectivity index is 0.00000180. The summed E-state index contributed by atoms with van der Waals surface area (Å²) < 4.78 is 0. The van der Waals surface area contributed by atoms with Crippen molar-refractivity contribution in [3.05, 3.63) is 22.2 Å². The molecule has 8 heteroatoms. The standard InChI is InChI=1S/C11H12N2O4S.Na/c1-6(14)12-2-3-18-8-4-7-5-9(15)13(7)10(8)11(16)17;/h2-3,7H,4-5H2,1H3,(H,12,14)(H,16,17);/q;+1/p-1. The zero-order chi connectivity index (χ0) is 13.3. The fourth-order valence-electron chi connectivity index (χ4n) is 1.98. The van der Waals surface area contributed by atoms with Crippen LogP contribution in [0.4, 0.5) is 0 Å². The van der Waals surface area contributed by atoms with Gasteiger partial charge in [-0.1, -0.05) is 11.8 Å². The molecule has 1 saturated heterocycles. The molecule has 0 spiro atoms. The molecule has 1 fully saturated rings. The maximum absolute atomic E-state index is 11.3. The molecule has 1 atom stereocenters. The van der Waals surface area contributed by atoms with Crippen LogP contribution in [0.1, 0.15) is 19.8 Å². The molecule has 6 nitrogen and oxygen atoms in total. The van der Waals surface area contributed by atoms with Gasteiger partial charge < -0.3 is 20.1 Å². The molecule has 0 aromatic heterocycles. The van der Waals surface area contributed by atoms with Crippen LogP contribution in [0.3, 0.4) is 0 Å². The van der Waals surface area contributed by atoms with Gasteiger partial charge in [0, 0.05) is 30.9 Å². The minimum atomic E-state index is -1.33. The Hall–Kier alpha value is -0.760. The molecule has 2 aliphatic rings. The van der Waals surface area contributed by atoms with Gasteiger partial charge in [-0.15, -0.1) is 0 Å². The molecule has 96 valence electrons. The molecule has 2 aliphatic heterocycles. The maximum atomic E-state index is 11.3. The number of thioether (sulfide) groups is 1. The molecule has 19 heavy (non-hydrogen) atoms. The zero-order valence-corrected chi connectivity index (χ0v) is 13.5. The van der Waals surface area contributed by atoms with Gasteiger partial charge in [-0.05, 0) is 5.41 Å². The summed E-state index contributed by atoms with van der Waals surface area (Å²) >= 11 is 1.18. The summed E-state index contributed by atoms with van der Waals surface area (Å²) in [5.41, 5.74) is -0.0336. The first-order chi connectivity index (χ1) is 8.50. The summed E-state index contributed by atoms with van der Waals surface area (Å²) in [6.07, 6.45) is 2.35. The number of nitrogens with zero attached hydrogens (tertiary/aromatic N) is 1. The normalized spacial score (nSPS) is 21.0. The van der Waals surface area contributed by atoms with Crippen molar-refractivity contribution in [2.75, 3.05) is 0 Å². The first kappa shape index (κ1) is 16.3. The second-order valence-corrected chi connectivity index (χ2v) is 5.01. The van der Waals surface area contributed by atoms with Crippen LogP contribution in [0.2, 0.25) is 0 Å². The number of aliphatic carboxylic acids is 1. The minimum Gasteiger partial charge on any atom is -0.543 e. The fourth-order valence-corrected chi connectivity index (χ4v) is 2.86. The van der Waals surface area contributed by atoms with Crippen molar-refractivity contribution < 1.29 is 49.0 Å². The van der Waals surface area contributed by atoms with Gasteiger partial charge in [0.1, 0.15) is 0 Å². The molecule has 2 amide bonds. The van der Waals surface area contributed by atoms with Gasteiger partial charge in [-0.25, -0.2) is 0 Å². The molecule has 0 radical (unpaired) electrons.